The Morgan fingerprint density at radius 1 is 1.23 bits per heavy atom. The fourth-order valence-electron chi connectivity index (χ4n) is 1.000. The van der Waals surface area contributed by atoms with E-state index in [9.17, 15) is 9.59 Å². The number of methoxy groups -OCH3 is 1. The van der Waals surface area contributed by atoms with E-state index in [1.807, 2.05) is 0 Å². The van der Waals surface area contributed by atoms with Gasteiger partial charge in [-0.1, -0.05) is 13.8 Å². The van der Waals surface area contributed by atoms with Crippen molar-refractivity contribution in [2.75, 3.05) is 13.7 Å². The van der Waals surface area contributed by atoms with Crippen LogP contribution in [0, 0.1) is 11.8 Å². The summed E-state index contributed by atoms with van der Waals surface area (Å²) in [6.07, 6.45) is 0. The van der Waals surface area contributed by atoms with E-state index in [0.29, 0.717) is 0 Å². The van der Waals surface area contributed by atoms with E-state index < -0.39 is 17.9 Å². The first-order valence-corrected chi connectivity index (χ1v) is 4.29. The molecule has 0 amide bonds. The van der Waals surface area contributed by atoms with Gasteiger partial charge in [-0.3, -0.25) is 9.59 Å². The van der Waals surface area contributed by atoms with Crippen LogP contribution in [0.2, 0.25) is 0 Å². The minimum Gasteiger partial charge on any atom is -0.468 e. The third kappa shape index (κ3) is 3.44. The molecule has 0 N–H and O–H groups in total. The predicted molar refractivity (Wildman–Crippen MR) is 47.0 cm³/mol. The molecule has 0 radical (unpaired) electrons. The minimum atomic E-state index is -0.801. The molecule has 0 aliphatic heterocycles. The van der Waals surface area contributed by atoms with Gasteiger partial charge in [0.15, 0.2) is 5.92 Å². The molecular weight excluding hydrogens is 172 g/mol. The van der Waals surface area contributed by atoms with Crippen LogP contribution in [0.1, 0.15) is 20.8 Å². The Morgan fingerprint density at radius 3 is 2.08 bits per heavy atom. The predicted octanol–water partition coefficient (Wildman–Crippen LogP) is 0.995. The lowest BCUT2D eigenvalue weighted by molar-refractivity contribution is -0.162. The van der Waals surface area contributed by atoms with Crippen molar-refractivity contribution < 1.29 is 19.1 Å². The molecule has 13 heavy (non-hydrogen) atoms. The maximum atomic E-state index is 11.3. The number of hydrogen-bond donors (Lipinski definition) is 0. The number of carbonyl (C=O) groups excluding carboxylic acids is 2. The first-order chi connectivity index (χ1) is 6.04. The van der Waals surface area contributed by atoms with Gasteiger partial charge < -0.3 is 9.47 Å². The zero-order valence-electron chi connectivity index (χ0n) is 8.49. The summed E-state index contributed by atoms with van der Waals surface area (Å²) in [6.45, 7) is 5.53. The van der Waals surface area contributed by atoms with Gasteiger partial charge in [-0.15, -0.1) is 0 Å². The average Bonchev–Trinajstić information content (AvgIpc) is 2.04. The summed E-state index contributed by atoms with van der Waals surface area (Å²) in [7, 11) is 1.26. The molecule has 0 heterocycles. The van der Waals surface area contributed by atoms with Crippen LogP contribution in [0.3, 0.4) is 0 Å². The average molecular weight is 188 g/mol. The summed E-state index contributed by atoms with van der Waals surface area (Å²) >= 11 is 0. The van der Waals surface area contributed by atoms with Gasteiger partial charge in [0.1, 0.15) is 0 Å². The van der Waals surface area contributed by atoms with Crippen LogP contribution in [0.4, 0.5) is 0 Å². The lowest BCUT2D eigenvalue weighted by Crippen LogP contribution is -2.31. The third-order valence-electron chi connectivity index (χ3n) is 1.66. The molecule has 0 aliphatic carbocycles. The van der Waals surface area contributed by atoms with Gasteiger partial charge in [0.2, 0.25) is 0 Å². The molecule has 1 unspecified atom stereocenters. The van der Waals surface area contributed by atoms with Crippen LogP contribution in [0.5, 0.6) is 0 Å². The van der Waals surface area contributed by atoms with Crippen LogP contribution in [0.25, 0.3) is 0 Å². The highest BCUT2D eigenvalue weighted by Crippen LogP contribution is 2.14. The van der Waals surface area contributed by atoms with E-state index in [-0.39, 0.29) is 12.5 Å². The van der Waals surface area contributed by atoms with Gasteiger partial charge in [-0.25, -0.2) is 0 Å². The van der Waals surface area contributed by atoms with Crippen molar-refractivity contribution in [1.82, 2.24) is 0 Å². The molecule has 4 nitrogen and oxygen atoms in total. The molecular formula is C9H16O4. The van der Waals surface area contributed by atoms with Crippen LogP contribution in [-0.2, 0) is 19.1 Å². The minimum absolute atomic E-state index is 0.105. The van der Waals surface area contributed by atoms with E-state index >= 15 is 0 Å². The standard InChI is InChI=1S/C9H16O4/c1-5-13-9(11)7(6(2)3)8(10)12-4/h6-7H,5H2,1-4H3. The van der Waals surface area contributed by atoms with Crippen LogP contribution in [0.15, 0.2) is 0 Å². The largest absolute Gasteiger partial charge is 0.468 e. The maximum absolute atomic E-state index is 11.3. The van der Waals surface area contributed by atoms with E-state index in [4.69, 9.17) is 4.74 Å². The number of hydrogen-bond acceptors (Lipinski definition) is 4. The normalized spacial score (nSPS) is 12.4. The summed E-state index contributed by atoms with van der Waals surface area (Å²) in [5.41, 5.74) is 0. The molecule has 76 valence electrons. The Labute approximate surface area is 78.2 Å². The van der Waals surface area contributed by atoms with Gasteiger partial charge >= 0.3 is 11.9 Å². The van der Waals surface area contributed by atoms with Crippen molar-refractivity contribution in [1.29, 1.82) is 0 Å². The second kappa shape index (κ2) is 5.56. The zero-order chi connectivity index (χ0) is 10.4. The van der Waals surface area contributed by atoms with Crippen molar-refractivity contribution in [3.05, 3.63) is 0 Å². The summed E-state index contributed by atoms with van der Waals surface area (Å²) in [4.78, 5) is 22.4. The van der Waals surface area contributed by atoms with Crippen LogP contribution < -0.4 is 0 Å². The zero-order valence-corrected chi connectivity index (χ0v) is 8.49. The molecule has 0 aliphatic rings. The van der Waals surface area contributed by atoms with Gasteiger partial charge in [0, 0.05) is 0 Å². The number of carbonyl (C=O) groups is 2. The van der Waals surface area contributed by atoms with E-state index in [1.165, 1.54) is 7.11 Å². The van der Waals surface area contributed by atoms with Crippen LogP contribution >= 0.6 is 0 Å². The van der Waals surface area contributed by atoms with Crippen molar-refractivity contribution >= 4 is 11.9 Å². The molecule has 0 saturated carbocycles. The summed E-state index contributed by atoms with van der Waals surface area (Å²) in [6, 6.07) is 0. The first-order valence-electron chi connectivity index (χ1n) is 4.29. The highest BCUT2D eigenvalue weighted by atomic mass is 16.5. The molecule has 0 aromatic rings. The molecule has 4 heteroatoms. The number of ether oxygens (including phenoxy) is 2. The Hall–Kier alpha value is -1.06. The van der Waals surface area contributed by atoms with Gasteiger partial charge in [0.25, 0.3) is 0 Å². The van der Waals surface area contributed by atoms with Crippen molar-refractivity contribution in [2.45, 2.75) is 20.8 Å². The smallest absolute Gasteiger partial charge is 0.320 e. The molecule has 0 aromatic heterocycles. The van der Waals surface area contributed by atoms with Crippen molar-refractivity contribution in [3.8, 4) is 0 Å². The second-order valence-corrected chi connectivity index (χ2v) is 3.00. The van der Waals surface area contributed by atoms with Crippen molar-refractivity contribution in [3.63, 3.8) is 0 Å². The van der Waals surface area contributed by atoms with E-state index in [2.05, 4.69) is 4.74 Å². The maximum Gasteiger partial charge on any atom is 0.320 e. The fraction of sp³-hybridized carbons (Fsp3) is 0.778. The summed E-state index contributed by atoms with van der Waals surface area (Å²) in [5, 5.41) is 0. The second-order valence-electron chi connectivity index (χ2n) is 3.00. The highest BCUT2D eigenvalue weighted by molar-refractivity contribution is 5.95. The quantitative estimate of drug-likeness (QED) is 0.487. The van der Waals surface area contributed by atoms with E-state index in [1.54, 1.807) is 20.8 Å². The number of rotatable bonds is 4. The monoisotopic (exact) mass is 188 g/mol. The molecule has 1 atom stereocenters. The molecule has 0 bridgehead atoms. The van der Waals surface area contributed by atoms with Gasteiger partial charge in [-0.2, -0.15) is 0 Å². The molecule has 0 fully saturated rings. The Morgan fingerprint density at radius 2 is 1.77 bits per heavy atom. The molecule has 0 aromatic carbocycles. The van der Waals surface area contributed by atoms with Gasteiger partial charge in [0.05, 0.1) is 13.7 Å². The summed E-state index contributed by atoms with van der Waals surface area (Å²) in [5.74, 6) is -1.95. The van der Waals surface area contributed by atoms with Crippen LogP contribution in [-0.4, -0.2) is 25.7 Å². The van der Waals surface area contributed by atoms with E-state index in [0.717, 1.165) is 0 Å². The third-order valence-corrected chi connectivity index (χ3v) is 1.66. The first kappa shape index (κ1) is 11.9. The molecule has 0 rings (SSSR count). The molecule has 0 saturated heterocycles. The van der Waals surface area contributed by atoms with Crippen molar-refractivity contribution in [2.24, 2.45) is 11.8 Å². The van der Waals surface area contributed by atoms with Gasteiger partial charge in [-0.05, 0) is 12.8 Å². The number of esters is 2. The Bertz CT molecular complexity index is 186. The lowest BCUT2D eigenvalue weighted by atomic mass is 9.96. The summed E-state index contributed by atoms with van der Waals surface area (Å²) < 4.78 is 9.25. The Kier molecular flexibility index (Phi) is 5.11. The topological polar surface area (TPSA) is 52.6 Å². The lowest BCUT2D eigenvalue weighted by Gasteiger charge is -2.15. The highest BCUT2D eigenvalue weighted by Gasteiger charge is 2.31. The Balaban J connectivity index is 4.41. The SMILES string of the molecule is CCOC(=O)C(C(=O)OC)C(C)C. The fourth-order valence-corrected chi connectivity index (χ4v) is 1.000. The molecule has 0 spiro atoms.